The highest BCUT2D eigenvalue weighted by Gasteiger charge is 2.27. The number of carboxylic acid groups (broad SMARTS) is 1. The fourth-order valence-corrected chi connectivity index (χ4v) is 2.44. The van der Waals surface area contributed by atoms with Gasteiger partial charge in [-0.15, -0.1) is 0 Å². The van der Waals surface area contributed by atoms with Crippen LogP contribution in [0.1, 0.15) is 48.7 Å². The molecule has 0 bridgehead atoms. The Bertz CT molecular complexity index is 567. The van der Waals surface area contributed by atoms with E-state index < -0.39 is 5.97 Å². The zero-order chi connectivity index (χ0) is 15.6. The number of carbonyl (C=O) groups is 2. The zero-order valence-corrected chi connectivity index (χ0v) is 12.8. The first kappa shape index (κ1) is 15.4. The Labute approximate surface area is 125 Å². The topological polar surface area (TPSA) is 69.6 Å². The Morgan fingerprint density at radius 1 is 1.38 bits per heavy atom. The van der Waals surface area contributed by atoms with Crippen molar-refractivity contribution in [2.24, 2.45) is 0 Å². The molecule has 2 rings (SSSR count). The van der Waals surface area contributed by atoms with Crippen LogP contribution in [-0.2, 0) is 13.0 Å². The number of hydrogen-bond acceptors (Lipinski definition) is 2. The average Bonchev–Trinajstić information content (AvgIpc) is 2.45. The fraction of sp³-hybridized carbons (Fsp3) is 0.500. The molecule has 5 heteroatoms. The van der Waals surface area contributed by atoms with E-state index in [1.54, 1.807) is 17.0 Å². The molecule has 0 fully saturated rings. The molecule has 0 unspecified atom stereocenters. The molecule has 114 valence electrons. The largest absolute Gasteiger partial charge is 0.478 e. The first-order valence-electron chi connectivity index (χ1n) is 7.25. The van der Waals surface area contributed by atoms with Crippen molar-refractivity contribution in [2.75, 3.05) is 6.54 Å². The molecule has 0 atom stereocenters. The molecule has 0 saturated heterocycles. The molecule has 1 aliphatic heterocycles. The van der Waals surface area contributed by atoms with Crippen molar-refractivity contribution in [2.45, 2.75) is 45.7 Å². The van der Waals surface area contributed by atoms with Crippen LogP contribution in [0.5, 0.6) is 0 Å². The third-order valence-electron chi connectivity index (χ3n) is 4.11. The minimum Gasteiger partial charge on any atom is -0.478 e. The van der Waals surface area contributed by atoms with Crippen LogP contribution >= 0.6 is 0 Å². The van der Waals surface area contributed by atoms with Gasteiger partial charge < -0.3 is 15.3 Å². The van der Waals surface area contributed by atoms with Crippen molar-refractivity contribution in [3.05, 3.63) is 34.9 Å². The van der Waals surface area contributed by atoms with E-state index in [2.05, 4.69) is 5.32 Å². The molecule has 2 N–H and O–H groups in total. The maximum atomic E-state index is 12.3. The molecule has 0 aromatic heterocycles. The van der Waals surface area contributed by atoms with Gasteiger partial charge >= 0.3 is 12.0 Å². The van der Waals surface area contributed by atoms with Crippen LogP contribution in [0.2, 0.25) is 0 Å². The molecule has 0 spiro atoms. The van der Waals surface area contributed by atoms with Gasteiger partial charge in [-0.05, 0) is 43.9 Å². The number of hydrogen-bond donors (Lipinski definition) is 2. The average molecular weight is 290 g/mol. The summed E-state index contributed by atoms with van der Waals surface area (Å²) in [6.45, 7) is 7.02. The summed E-state index contributed by atoms with van der Waals surface area (Å²) in [5.41, 5.74) is 1.89. The van der Waals surface area contributed by atoms with Crippen molar-refractivity contribution >= 4 is 12.0 Å². The highest BCUT2D eigenvalue weighted by Crippen LogP contribution is 2.23. The van der Waals surface area contributed by atoms with Crippen LogP contribution in [-0.4, -0.2) is 34.1 Å². The molecular weight excluding hydrogens is 268 g/mol. The normalized spacial score (nSPS) is 14.5. The number of nitrogens with zero attached hydrogens (tertiary/aromatic N) is 1. The second-order valence-electron chi connectivity index (χ2n) is 6.09. The summed E-state index contributed by atoms with van der Waals surface area (Å²) in [4.78, 5) is 25.3. The standard InChI is InChI=1S/C16H22N2O3/c1-4-16(2,3)17-15(21)18-9-8-12-11(10-18)6-5-7-13(12)14(19)20/h5-7H,4,8-10H2,1-3H3,(H,17,21)(H,19,20). The molecule has 1 heterocycles. The summed E-state index contributed by atoms with van der Waals surface area (Å²) >= 11 is 0. The molecule has 1 aliphatic rings. The first-order valence-corrected chi connectivity index (χ1v) is 7.25. The minimum atomic E-state index is -0.906. The van der Waals surface area contributed by atoms with E-state index in [9.17, 15) is 14.7 Å². The summed E-state index contributed by atoms with van der Waals surface area (Å²) in [5, 5.41) is 12.2. The highest BCUT2D eigenvalue weighted by atomic mass is 16.4. The van der Waals surface area contributed by atoms with Gasteiger partial charge in [0.15, 0.2) is 0 Å². The number of benzene rings is 1. The van der Waals surface area contributed by atoms with Crippen LogP contribution in [0.15, 0.2) is 18.2 Å². The quantitative estimate of drug-likeness (QED) is 0.899. The molecule has 21 heavy (non-hydrogen) atoms. The number of amides is 2. The van der Waals surface area contributed by atoms with E-state index >= 15 is 0 Å². The van der Waals surface area contributed by atoms with Crippen LogP contribution in [0.4, 0.5) is 4.79 Å². The lowest BCUT2D eigenvalue weighted by Gasteiger charge is -2.33. The Kier molecular flexibility index (Phi) is 4.21. The molecule has 0 aliphatic carbocycles. The SMILES string of the molecule is CCC(C)(C)NC(=O)N1CCc2c(cccc2C(=O)O)C1. The smallest absolute Gasteiger partial charge is 0.335 e. The van der Waals surface area contributed by atoms with E-state index in [-0.39, 0.29) is 11.6 Å². The second-order valence-corrected chi connectivity index (χ2v) is 6.09. The van der Waals surface area contributed by atoms with Crippen LogP contribution < -0.4 is 5.32 Å². The predicted octanol–water partition coefficient (Wildman–Crippen LogP) is 2.64. The summed E-state index contributed by atoms with van der Waals surface area (Å²) in [5.74, 6) is -0.906. The van der Waals surface area contributed by atoms with Crippen LogP contribution in [0, 0.1) is 0 Å². The van der Waals surface area contributed by atoms with E-state index in [0.717, 1.165) is 17.5 Å². The number of urea groups is 1. The third kappa shape index (κ3) is 3.35. The molecular formula is C16H22N2O3. The second kappa shape index (κ2) is 5.76. The van der Waals surface area contributed by atoms with Crippen molar-refractivity contribution in [3.8, 4) is 0 Å². The van der Waals surface area contributed by atoms with Gasteiger partial charge in [-0.3, -0.25) is 0 Å². The van der Waals surface area contributed by atoms with Crippen LogP contribution in [0.25, 0.3) is 0 Å². The van der Waals surface area contributed by atoms with E-state index in [1.807, 2.05) is 26.8 Å². The van der Waals surface area contributed by atoms with Gasteiger partial charge in [0.1, 0.15) is 0 Å². The number of carboxylic acids is 1. The van der Waals surface area contributed by atoms with Crippen molar-refractivity contribution in [1.29, 1.82) is 0 Å². The minimum absolute atomic E-state index is 0.0896. The highest BCUT2D eigenvalue weighted by molar-refractivity contribution is 5.90. The van der Waals surface area contributed by atoms with Crippen LogP contribution in [0.3, 0.4) is 0 Å². The van der Waals surface area contributed by atoms with Gasteiger partial charge in [0.2, 0.25) is 0 Å². The Morgan fingerprint density at radius 2 is 2.10 bits per heavy atom. The summed E-state index contributed by atoms with van der Waals surface area (Å²) < 4.78 is 0. The number of nitrogens with one attached hydrogen (secondary N) is 1. The monoisotopic (exact) mass is 290 g/mol. The molecule has 0 radical (unpaired) electrons. The van der Waals surface area contributed by atoms with Gasteiger partial charge in [-0.25, -0.2) is 9.59 Å². The number of aromatic carboxylic acids is 1. The third-order valence-corrected chi connectivity index (χ3v) is 4.11. The van der Waals surface area contributed by atoms with Crippen molar-refractivity contribution < 1.29 is 14.7 Å². The van der Waals surface area contributed by atoms with E-state index in [4.69, 9.17) is 0 Å². The number of rotatable bonds is 3. The van der Waals surface area contributed by atoms with Gasteiger partial charge in [-0.2, -0.15) is 0 Å². The summed E-state index contributed by atoms with van der Waals surface area (Å²) in [7, 11) is 0. The van der Waals surface area contributed by atoms with Crippen molar-refractivity contribution in [3.63, 3.8) is 0 Å². The number of fused-ring (bicyclic) bond motifs is 1. The molecule has 2 amide bonds. The van der Waals surface area contributed by atoms with Crippen molar-refractivity contribution in [1.82, 2.24) is 10.2 Å². The molecule has 5 nitrogen and oxygen atoms in total. The predicted molar refractivity (Wildman–Crippen MR) is 80.4 cm³/mol. The van der Waals surface area contributed by atoms with Gasteiger partial charge in [0.05, 0.1) is 5.56 Å². The van der Waals surface area contributed by atoms with Gasteiger partial charge in [-0.1, -0.05) is 19.1 Å². The van der Waals surface area contributed by atoms with Gasteiger partial charge in [0.25, 0.3) is 0 Å². The van der Waals surface area contributed by atoms with E-state index in [0.29, 0.717) is 25.1 Å². The maximum Gasteiger partial charge on any atom is 0.335 e. The maximum absolute atomic E-state index is 12.3. The number of carbonyl (C=O) groups excluding carboxylic acids is 1. The van der Waals surface area contributed by atoms with Gasteiger partial charge in [0, 0.05) is 18.6 Å². The fourth-order valence-electron chi connectivity index (χ4n) is 2.44. The summed E-state index contributed by atoms with van der Waals surface area (Å²) in [6.07, 6.45) is 1.43. The molecule has 1 aromatic rings. The lowest BCUT2D eigenvalue weighted by molar-refractivity contribution is 0.0695. The lowest BCUT2D eigenvalue weighted by Crippen LogP contribution is -2.51. The molecule has 1 aromatic carbocycles. The van der Waals surface area contributed by atoms with E-state index in [1.165, 1.54) is 0 Å². The first-order chi connectivity index (χ1) is 9.84. The Balaban J connectivity index is 2.15. The Hall–Kier alpha value is -2.04. The Morgan fingerprint density at radius 3 is 2.71 bits per heavy atom. The summed E-state index contributed by atoms with van der Waals surface area (Å²) in [6, 6.07) is 5.16. The lowest BCUT2D eigenvalue weighted by atomic mass is 9.94. The molecule has 0 saturated carbocycles. The zero-order valence-electron chi connectivity index (χ0n) is 12.8.